The fraction of sp³-hybridized carbons (Fsp3) is 0.211. The third-order valence-electron chi connectivity index (χ3n) is 4.17. The molecule has 0 aliphatic rings. The quantitative estimate of drug-likeness (QED) is 0.736. The minimum absolute atomic E-state index is 0.284. The van der Waals surface area contributed by atoms with Gasteiger partial charge in [0.05, 0.1) is 11.2 Å². The van der Waals surface area contributed by atoms with Gasteiger partial charge in [0.25, 0.3) is 0 Å². The standard InChI is InChI=1S/C19H21N3O2S/c1-3-16-4-10-19(11-5-16)25(23,24)21-15(2)17-6-8-18(9-7-17)22-13-12-20-14-22/h4-15,21H,3H2,1-2H3. The lowest BCUT2D eigenvalue weighted by atomic mass is 10.1. The molecule has 0 bridgehead atoms. The number of nitrogens with zero attached hydrogens (tertiary/aromatic N) is 2. The summed E-state index contributed by atoms with van der Waals surface area (Å²) in [6.45, 7) is 3.88. The van der Waals surface area contributed by atoms with Crippen molar-refractivity contribution in [2.75, 3.05) is 0 Å². The molecule has 2 aromatic carbocycles. The fourth-order valence-corrected chi connectivity index (χ4v) is 3.85. The first-order chi connectivity index (χ1) is 12.0. The van der Waals surface area contributed by atoms with E-state index in [0.717, 1.165) is 23.2 Å². The molecule has 1 aromatic heterocycles. The number of hydrogen-bond donors (Lipinski definition) is 1. The van der Waals surface area contributed by atoms with Gasteiger partial charge in [0.1, 0.15) is 0 Å². The number of rotatable bonds is 6. The van der Waals surface area contributed by atoms with E-state index in [0.29, 0.717) is 0 Å². The van der Waals surface area contributed by atoms with E-state index in [-0.39, 0.29) is 10.9 Å². The van der Waals surface area contributed by atoms with Gasteiger partial charge in [0.15, 0.2) is 0 Å². The molecular weight excluding hydrogens is 334 g/mol. The molecule has 0 aliphatic carbocycles. The predicted octanol–water partition coefficient (Wildman–Crippen LogP) is 3.47. The number of imidazole rings is 1. The zero-order chi connectivity index (χ0) is 17.9. The number of nitrogens with one attached hydrogen (secondary N) is 1. The van der Waals surface area contributed by atoms with Crippen molar-refractivity contribution in [2.45, 2.75) is 31.2 Å². The lowest BCUT2D eigenvalue weighted by molar-refractivity contribution is 0.567. The van der Waals surface area contributed by atoms with Gasteiger partial charge in [0.2, 0.25) is 10.0 Å². The maximum absolute atomic E-state index is 12.5. The van der Waals surface area contributed by atoms with Crippen molar-refractivity contribution in [1.29, 1.82) is 0 Å². The van der Waals surface area contributed by atoms with Gasteiger partial charge in [-0.1, -0.05) is 31.2 Å². The molecule has 3 aromatic rings. The van der Waals surface area contributed by atoms with Gasteiger partial charge in [-0.05, 0) is 48.7 Å². The van der Waals surface area contributed by atoms with E-state index in [1.165, 1.54) is 0 Å². The van der Waals surface area contributed by atoms with Crippen molar-refractivity contribution < 1.29 is 8.42 Å². The Balaban J connectivity index is 1.75. The van der Waals surface area contributed by atoms with Crippen LogP contribution in [0.2, 0.25) is 0 Å². The summed E-state index contributed by atoms with van der Waals surface area (Å²) in [7, 11) is -3.55. The molecule has 1 unspecified atom stereocenters. The smallest absolute Gasteiger partial charge is 0.241 e. The van der Waals surface area contributed by atoms with Crippen LogP contribution in [0.4, 0.5) is 0 Å². The van der Waals surface area contributed by atoms with Gasteiger partial charge < -0.3 is 4.57 Å². The molecular formula is C19H21N3O2S. The van der Waals surface area contributed by atoms with Gasteiger partial charge in [-0.2, -0.15) is 0 Å². The lowest BCUT2D eigenvalue weighted by Gasteiger charge is -2.15. The SMILES string of the molecule is CCc1ccc(S(=O)(=O)NC(C)c2ccc(-n3ccnc3)cc2)cc1. The summed E-state index contributed by atoms with van der Waals surface area (Å²) in [5.41, 5.74) is 2.99. The molecule has 6 heteroatoms. The number of aromatic nitrogens is 2. The molecule has 0 fully saturated rings. The van der Waals surface area contributed by atoms with E-state index < -0.39 is 10.0 Å². The largest absolute Gasteiger partial charge is 0.306 e. The zero-order valence-electron chi connectivity index (χ0n) is 14.3. The number of sulfonamides is 1. The van der Waals surface area contributed by atoms with Crippen LogP contribution in [-0.2, 0) is 16.4 Å². The monoisotopic (exact) mass is 355 g/mol. The van der Waals surface area contributed by atoms with Crippen LogP contribution < -0.4 is 4.72 Å². The molecule has 1 heterocycles. The Labute approximate surface area is 148 Å². The maximum atomic E-state index is 12.5. The van der Waals surface area contributed by atoms with Gasteiger partial charge >= 0.3 is 0 Å². The Morgan fingerprint density at radius 1 is 1.08 bits per heavy atom. The summed E-state index contributed by atoms with van der Waals surface area (Å²) in [5.74, 6) is 0. The highest BCUT2D eigenvalue weighted by atomic mass is 32.2. The summed E-state index contributed by atoms with van der Waals surface area (Å²) in [6, 6.07) is 14.4. The molecule has 0 radical (unpaired) electrons. The maximum Gasteiger partial charge on any atom is 0.241 e. The highest BCUT2D eigenvalue weighted by Gasteiger charge is 2.18. The summed E-state index contributed by atoms with van der Waals surface area (Å²) >= 11 is 0. The highest BCUT2D eigenvalue weighted by molar-refractivity contribution is 7.89. The minimum Gasteiger partial charge on any atom is -0.306 e. The second-order valence-corrected chi connectivity index (χ2v) is 7.62. The Kier molecular flexibility index (Phi) is 5.01. The average molecular weight is 355 g/mol. The fourth-order valence-electron chi connectivity index (χ4n) is 2.62. The first kappa shape index (κ1) is 17.4. The van der Waals surface area contributed by atoms with Crippen molar-refractivity contribution in [3.8, 4) is 5.69 Å². The van der Waals surface area contributed by atoms with Gasteiger partial charge in [-0.15, -0.1) is 0 Å². The molecule has 130 valence electrons. The molecule has 25 heavy (non-hydrogen) atoms. The number of aryl methyl sites for hydroxylation is 1. The predicted molar refractivity (Wildman–Crippen MR) is 98.1 cm³/mol. The van der Waals surface area contributed by atoms with Gasteiger partial charge in [-0.25, -0.2) is 18.1 Å². The third-order valence-corrected chi connectivity index (χ3v) is 5.73. The van der Waals surface area contributed by atoms with E-state index in [4.69, 9.17) is 0 Å². The molecule has 0 spiro atoms. The second-order valence-electron chi connectivity index (χ2n) is 5.90. The molecule has 3 rings (SSSR count). The van der Waals surface area contributed by atoms with Crippen LogP contribution in [0.1, 0.15) is 31.0 Å². The van der Waals surface area contributed by atoms with E-state index in [1.807, 2.05) is 61.0 Å². The second kappa shape index (κ2) is 7.21. The average Bonchev–Trinajstić information content (AvgIpc) is 3.16. The minimum atomic E-state index is -3.55. The number of benzene rings is 2. The first-order valence-electron chi connectivity index (χ1n) is 8.19. The van der Waals surface area contributed by atoms with E-state index >= 15 is 0 Å². The Hall–Kier alpha value is -2.44. The van der Waals surface area contributed by atoms with Crippen LogP contribution in [0.15, 0.2) is 72.1 Å². The Morgan fingerprint density at radius 2 is 1.76 bits per heavy atom. The van der Waals surface area contributed by atoms with Crippen molar-refractivity contribution in [1.82, 2.24) is 14.3 Å². The van der Waals surface area contributed by atoms with Crippen molar-refractivity contribution >= 4 is 10.0 Å². The van der Waals surface area contributed by atoms with Crippen LogP contribution in [0.5, 0.6) is 0 Å². The summed E-state index contributed by atoms with van der Waals surface area (Å²) in [5, 5.41) is 0. The zero-order valence-corrected chi connectivity index (χ0v) is 15.1. The van der Waals surface area contributed by atoms with Crippen LogP contribution in [0, 0.1) is 0 Å². The van der Waals surface area contributed by atoms with E-state index in [1.54, 1.807) is 24.7 Å². The topological polar surface area (TPSA) is 64.0 Å². The summed E-state index contributed by atoms with van der Waals surface area (Å²) < 4.78 is 29.7. The normalized spacial score (nSPS) is 12.9. The molecule has 0 amide bonds. The Bertz CT molecular complexity index is 916. The van der Waals surface area contributed by atoms with Crippen molar-refractivity contribution in [3.63, 3.8) is 0 Å². The molecule has 5 nitrogen and oxygen atoms in total. The van der Waals surface area contributed by atoms with E-state index in [2.05, 4.69) is 9.71 Å². The summed E-state index contributed by atoms with van der Waals surface area (Å²) in [4.78, 5) is 4.31. The van der Waals surface area contributed by atoms with Crippen molar-refractivity contribution in [2.24, 2.45) is 0 Å². The Morgan fingerprint density at radius 3 is 2.32 bits per heavy atom. The number of hydrogen-bond acceptors (Lipinski definition) is 3. The summed E-state index contributed by atoms with van der Waals surface area (Å²) in [6.07, 6.45) is 6.18. The highest BCUT2D eigenvalue weighted by Crippen LogP contribution is 2.19. The molecule has 1 N–H and O–H groups in total. The van der Waals surface area contributed by atoms with E-state index in [9.17, 15) is 8.42 Å². The van der Waals surface area contributed by atoms with Crippen LogP contribution >= 0.6 is 0 Å². The molecule has 0 saturated carbocycles. The molecule has 0 aliphatic heterocycles. The van der Waals surface area contributed by atoms with Crippen molar-refractivity contribution in [3.05, 3.63) is 78.4 Å². The third kappa shape index (κ3) is 3.97. The van der Waals surface area contributed by atoms with Crippen LogP contribution in [-0.4, -0.2) is 18.0 Å². The lowest BCUT2D eigenvalue weighted by Crippen LogP contribution is -2.26. The van der Waals surface area contributed by atoms with Gasteiger partial charge in [-0.3, -0.25) is 0 Å². The van der Waals surface area contributed by atoms with Crippen LogP contribution in [0.25, 0.3) is 5.69 Å². The van der Waals surface area contributed by atoms with Crippen LogP contribution in [0.3, 0.4) is 0 Å². The molecule has 0 saturated heterocycles. The molecule has 1 atom stereocenters. The first-order valence-corrected chi connectivity index (χ1v) is 9.67. The van der Waals surface area contributed by atoms with Gasteiger partial charge in [0, 0.05) is 24.1 Å².